The molecule has 4 aromatic rings. The molecule has 0 aliphatic heterocycles. The highest BCUT2D eigenvalue weighted by Crippen LogP contribution is 2.27. The molecule has 0 aliphatic carbocycles. The van der Waals surface area contributed by atoms with Crippen molar-refractivity contribution < 1.29 is 19.0 Å². The summed E-state index contributed by atoms with van der Waals surface area (Å²) >= 11 is 6.09. The van der Waals surface area contributed by atoms with Crippen LogP contribution in [0.4, 0.5) is 10.5 Å². The van der Waals surface area contributed by atoms with Crippen molar-refractivity contribution in [2.75, 3.05) is 25.6 Å². The number of hydrogen-bond acceptors (Lipinski definition) is 5. The van der Waals surface area contributed by atoms with Crippen molar-refractivity contribution in [1.82, 2.24) is 9.97 Å². The molecule has 0 saturated carbocycles. The molecule has 2 aromatic heterocycles. The molecule has 0 saturated heterocycles. The Bertz CT molecular complexity index is 1220. The average Bonchev–Trinajstić information content (AvgIpc) is 3.22. The van der Waals surface area contributed by atoms with Crippen LogP contribution in [-0.4, -0.2) is 36.4 Å². The highest BCUT2D eigenvalue weighted by molar-refractivity contribution is 6.31. The van der Waals surface area contributed by atoms with Crippen LogP contribution in [0.1, 0.15) is 5.56 Å². The molecular formula is C24H22ClN3O4. The van der Waals surface area contributed by atoms with Crippen molar-refractivity contribution >= 4 is 34.4 Å². The van der Waals surface area contributed by atoms with Gasteiger partial charge < -0.3 is 19.2 Å². The zero-order valence-corrected chi connectivity index (χ0v) is 18.2. The summed E-state index contributed by atoms with van der Waals surface area (Å²) in [6.45, 7) is 1.09. The van der Waals surface area contributed by atoms with Crippen molar-refractivity contribution in [3.63, 3.8) is 0 Å². The standard InChI is InChI=1S/C24H22ClN3O4/c1-30-9-10-31-20-7-4-6-16(12-20)22-13-18-11-19(14-26-23(18)28-22)27-24(29)32-15-17-5-2-3-8-21(17)25/h2-8,11-14H,9-10,15H2,1H3,(H,26,28)(H,27,29). The Kier molecular flexibility index (Phi) is 6.89. The number of nitrogens with zero attached hydrogens (tertiary/aromatic N) is 1. The predicted octanol–water partition coefficient (Wildman–Crippen LogP) is 5.66. The van der Waals surface area contributed by atoms with Gasteiger partial charge in [0.1, 0.15) is 24.6 Å². The minimum absolute atomic E-state index is 0.0816. The highest BCUT2D eigenvalue weighted by Gasteiger charge is 2.10. The first-order valence-electron chi connectivity index (χ1n) is 10.0. The molecule has 0 fully saturated rings. The molecule has 0 aliphatic rings. The zero-order valence-electron chi connectivity index (χ0n) is 17.4. The maximum Gasteiger partial charge on any atom is 0.412 e. The van der Waals surface area contributed by atoms with Crippen LogP contribution in [0.15, 0.2) is 66.9 Å². The van der Waals surface area contributed by atoms with Crippen LogP contribution in [0, 0.1) is 0 Å². The van der Waals surface area contributed by atoms with Crippen molar-refractivity contribution in [1.29, 1.82) is 0 Å². The molecule has 8 heteroatoms. The molecule has 0 unspecified atom stereocenters. The van der Waals surface area contributed by atoms with Gasteiger partial charge in [-0.1, -0.05) is 41.9 Å². The number of benzene rings is 2. The number of methoxy groups -OCH3 is 1. The lowest BCUT2D eigenvalue weighted by atomic mass is 10.1. The predicted molar refractivity (Wildman–Crippen MR) is 124 cm³/mol. The number of carbonyl (C=O) groups is 1. The lowest BCUT2D eigenvalue weighted by Gasteiger charge is -2.08. The summed E-state index contributed by atoms with van der Waals surface area (Å²) in [5.41, 5.74) is 3.83. The third-order valence-corrected chi connectivity index (χ3v) is 5.10. The molecule has 4 rings (SSSR count). The summed E-state index contributed by atoms with van der Waals surface area (Å²) in [7, 11) is 1.64. The van der Waals surface area contributed by atoms with Crippen molar-refractivity contribution in [3.8, 4) is 17.0 Å². The van der Waals surface area contributed by atoms with Gasteiger partial charge in [-0.25, -0.2) is 9.78 Å². The third kappa shape index (κ3) is 5.38. The minimum atomic E-state index is -0.581. The maximum atomic E-state index is 12.2. The number of halogens is 1. The van der Waals surface area contributed by atoms with Gasteiger partial charge >= 0.3 is 6.09 Å². The topological polar surface area (TPSA) is 85.5 Å². The Morgan fingerprint density at radius 1 is 1.09 bits per heavy atom. The Hall–Kier alpha value is -3.55. The number of H-pyrrole nitrogens is 1. The van der Waals surface area contributed by atoms with Gasteiger partial charge in [-0.15, -0.1) is 0 Å². The van der Waals surface area contributed by atoms with Crippen LogP contribution in [0.3, 0.4) is 0 Å². The van der Waals surface area contributed by atoms with Crippen LogP contribution >= 0.6 is 11.6 Å². The van der Waals surface area contributed by atoms with Gasteiger partial charge in [-0.2, -0.15) is 0 Å². The number of pyridine rings is 1. The van der Waals surface area contributed by atoms with E-state index in [0.717, 1.165) is 28.0 Å². The summed E-state index contributed by atoms with van der Waals surface area (Å²) < 4.78 is 16.0. The Morgan fingerprint density at radius 2 is 1.97 bits per heavy atom. The fourth-order valence-electron chi connectivity index (χ4n) is 3.15. The van der Waals surface area contributed by atoms with Crippen molar-refractivity contribution in [2.24, 2.45) is 0 Å². The second-order valence-corrected chi connectivity index (χ2v) is 7.41. The van der Waals surface area contributed by atoms with Gasteiger partial charge in [0.15, 0.2) is 0 Å². The molecule has 1 amide bonds. The zero-order chi connectivity index (χ0) is 22.3. The molecule has 2 aromatic carbocycles. The van der Waals surface area contributed by atoms with Gasteiger partial charge in [-0.05, 0) is 30.3 Å². The number of amides is 1. The number of aromatic nitrogens is 2. The first-order valence-corrected chi connectivity index (χ1v) is 10.4. The molecule has 164 valence electrons. The number of anilines is 1. The molecule has 0 bridgehead atoms. The van der Waals surface area contributed by atoms with Crippen LogP contribution in [-0.2, 0) is 16.1 Å². The summed E-state index contributed by atoms with van der Waals surface area (Å²) in [6, 6.07) is 18.8. The second-order valence-electron chi connectivity index (χ2n) is 7.01. The molecule has 0 radical (unpaired) electrons. The number of rotatable bonds is 8. The second kappa shape index (κ2) is 10.2. The van der Waals surface area contributed by atoms with E-state index in [1.165, 1.54) is 0 Å². The fraction of sp³-hybridized carbons (Fsp3) is 0.167. The van der Waals surface area contributed by atoms with Gasteiger partial charge in [0.25, 0.3) is 0 Å². The quantitative estimate of drug-likeness (QED) is 0.338. The van der Waals surface area contributed by atoms with Gasteiger partial charge in [0, 0.05) is 34.3 Å². The smallest absolute Gasteiger partial charge is 0.412 e. The maximum absolute atomic E-state index is 12.2. The Balaban J connectivity index is 1.43. The molecule has 0 spiro atoms. The monoisotopic (exact) mass is 451 g/mol. The van der Waals surface area contributed by atoms with Crippen LogP contribution in [0.5, 0.6) is 5.75 Å². The van der Waals surface area contributed by atoms with E-state index in [1.54, 1.807) is 19.4 Å². The molecule has 32 heavy (non-hydrogen) atoms. The number of nitrogens with one attached hydrogen (secondary N) is 2. The van der Waals surface area contributed by atoms with E-state index >= 15 is 0 Å². The van der Waals surface area contributed by atoms with Crippen molar-refractivity contribution in [2.45, 2.75) is 6.61 Å². The van der Waals surface area contributed by atoms with E-state index in [0.29, 0.717) is 29.6 Å². The summed E-state index contributed by atoms with van der Waals surface area (Å²) in [5, 5.41) is 4.11. The first-order chi connectivity index (χ1) is 15.6. The van der Waals surface area contributed by atoms with E-state index in [4.69, 9.17) is 25.8 Å². The molecule has 0 atom stereocenters. The Labute approximate surface area is 190 Å². The Morgan fingerprint density at radius 3 is 2.81 bits per heavy atom. The normalized spacial score (nSPS) is 10.8. The number of fused-ring (bicyclic) bond motifs is 1. The summed E-state index contributed by atoms with van der Waals surface area (Å²) in [4.78, 5) is 19.9. The molecule has 2 heterocycles. The van der Waals surface area contributed by atoms with E-state index in [9.17, 15) is 4.79 Å². The number of ether oxygens (including phenoxy) is 3. The van der Waals surface area contributed by atoms with E-state index in [1.807, 2.05) is 54.6 Å². The minimum Gasteiger partial charge on any atom is -0.491 e. The van der Waals surface area contributed by atoms with Crippen LogP contribution < -0.4 is 10.1 Å². The summed E-state index contributed by atoms with van der Waals surface area (Å²) in [5.74, 6) is 0.759. The van der Waals surface area contributed by atoms with E-state index in [2.05, 4.69) is 15.3 Å². The average molecular weight is 452 g/mol. The fourth-order valence-corrected chi connectivity index (χ4v) is 3.34. The highest BCUT2D eigenvalue weighted by atomic mass is 35.5. The van der Waals surface area contributed by atoms with Gasteiger partial charge in [0.2, 0.25) is 0 Å². The third-order valence-electron chi connectivity index (χ3n) is 4.73. The van der Waals surface area contributed by atoms with E-state index in [-0.39, 0.29) is 6.61 Å². The van der Waals surface area contributed by atoms with Crippen LogP contribution in [0.2, 0.25) is 5.02 Å². The molecule has 2 N–H and O–H groups in total. The number of hydrogen-bond donors (Lipinski definition) is 2. The summed E-state index contributed by atoms with van der Waals surface area (Å²) in [6.07, 6.45) is 0.992. The first kappa shape index (κ1) is 21.7. The largest absolute Gasteiger partial charge is 0.491 e. The SMILES string of the molecule is COCCOc1cccc(-c2cc3cc(NC(=O)OCc4ccccc4Cl)cnc3[nH]2)c1. The number of aromatic amines is 1. The lowest BCUT2D eigenvalue weighted by molar-refractivity contribution is 0.146. The van der Waals surface area contributed by atoms with Crippen LogP contribution in [0.25, 0.3) is 22.3 Å². The molecule has 7 nitrogen and oxygen atoms in total. The van der Waals surface area contributed by atoms with Gasteiger partial charge in [0.05, 0.1) is 18.5 Å². The lowest BCUT2D eigenvalue weighted by Crippen LogP contribution is -2.13. The molecular weight excluding hydrogens is 430 g/mol. The number of carbonyl (C=O) groups excluding carboxylic acids is 1. The van der Waals surface area contributed by atoms with Gasteiger partial charge in [-0.3, -0.25) is 5.32 Å². The van der Waals surface area contributed by atoms with Crippen molar-refractivity contribution in [3.05, 3.63) is 77.4 Å². The van der Waals surface area contributed by atoms with E-state index < -0.39 is 6.09 Å².